The second-order valence-electron chi connectivity index (χ2n) is 2.03. The molecule has 1 aliphatic heterocycles. The lowest BCUT2D eigenvalue weighted by molar-refractivity contribution is 0.337. The van der Waals surface area contributed by atoms with Crippen LogP contribution >= 0.6 is 0 Å². The monoisotopic (exact) mass is 110 g/mol. The zero-order valence-electron chi connectivity index (χ0n) is 5.27. The van der Waals surface area contributed by atoms with Crippen molar-refractivity contribution in [1.82, 2.24) is 0 Å². The maximum Gasteiger partial charge on any atom is 0.0993 e. The van der Waals surface area contributed by atoms with Crippen LogP contribution < -0.4 is 0 Å². The topological polar surface area (TPSA) is 9.23 Å². The Morgan fingerprint density at radius 3 is 2.62 bits per heavy atom. The van der Waals surface area contributed by atoms with Gasteiger partial charge >= 0.3 is 0 Å². The van der Waals surface area contributed by atoms with Crippen molar-refractivity contribution in [3.05, 3.63) is 23.7 Å². The van der Waals surface area contributed by atoms with Crippen molar-refractivity contribution in [2.24, 2.45) is 0 Å². The minimum atomic E-state index is 1.05. The molecule has 1 nitrogen and oxygen atoms in total. The summed E-state index contributed by atoms with van der Waals surface area (Å²) in [5.41, 5.74) is 1.33. The quantitative estimate of drug-likeness (QED) is 0.464. The summed E-state index contributed by atoms with van der Waals surface area (Å²) in [5.74, 6) is 1.05. The number of ether oxygens (including phenoxy) is 1. The molecule has 0 fully saturated rings. The number of allylic oxidation sites excluding steroid dienone is 3. The van der Waals surface area contributed by atoms with Gasteiger partial charge in [-0.15, -0.1) is 0 Å². The van der Waals surface area contributed by atoms with Crippen LogP contribution in [0, 0.1) is 0 Å². The molecule has 0 aliphatic carbocycles. The molecule has 0 aromatic heterocycles. The number of hydrogen-bond acceptors (Lipinski definition) is 1. The summed E-state index contributed by atoms with van der Waals surface area (Å²) in [6.45, 7) is 4.07. The molecule has 0 saturated heterocycles. The molecule has 0 atom stereocenters. The van der Waals surface area contributed by atoms with E-state index >= 15 is 0 Å². The highest BCUT2D eigenvalue weighted by molar-refractivity contribution is 5.11. The van der Waals surface area contributed by atoms with E-state index < -0.39 is 0 Å². The van der Waals surface area contributed by atoms with Crippen molar-refractivity contribution in [3.8, 4) is 0 Å². The van der Waals surface area contributed by atoms with Gasteiger partial charge in [-0.3, -0.25) is 0 Å². The third-order valence-electron chi connectivity index (χ3n) is 1.37. The second-order valence-corrected chi connectivity index (χ2v) is 2.03. The fourth-order valence-corrected chi connectivity index (χ4v) is 0.619. The summed E-state index contributed by atoms with van der Waals surface area (Å²) < 4.78 is 5.09. The van der Waals surface area contributed by atoms with Crippen LogP contribution in [0.15, 0.2) is 23.7 Å². The Morgan fingerprint density at radius 2 is 2.25 bits per heavy atom. The SMILES string of the molecule is CC1=C(C)OC=CC1. The first-order valence-electron chi connectivity index (χ1n) is 2.78. The van der Waals surface area contributed by atoms with Gasteiger partial charge in [-0.1, -0.05) is 0 Å². The Labute approximate surface area is 49.7 Å². The molecule has 0 spiro atoms. The van der Waals surface area contributed by atoms with E-state index in [1.807, 2.05) is 13.0 Å². The van der Waals surface area contributed by atoms with Gasteiger partial charge in [-0.25, -0.2) is 0 Å². The summed E-state index contributed by atoms with van der Waals surface area (Å²) in [6, 6.07) is 0. The van der Waals surface area contributed by atoms with E-state index in [1.54, 1.807) is 6.26 Å². The predicted molar refractivity (Wildman–Crippen MR) is 33.2 cm³/mol. The van der Waals surface area contributed by atoms with Gasteiger partial charge in [0.1, 0.15) is 0 Å². The van der Waals surface area contributed by atoms with Gasteiger partial charge in [0.15, 0.2) is 0 Å². The largest absolute Gasteiger partial charge is 0.470 e. The van der Waals surface area contributed by atoms with Gasteiger partial charge in [0.2, 0.25) is 0 Å². The Hall–Kier alpha value is -0.720. The average Bonchev–Trinajstić information content (AvgIpc) is 1.77. The lowest BCUT2D eigenvalue weighted by Gasteiger charge is -2.08. The van der Waals surface area contributed by atoms with Crippen LogP contribution in [0.2, 0.25) is 0 Å². The summed E-state index contributed by atoms with van der Waals surface area (Å²) in [4.78, 5) is 0. The van der Waals surface area contributed by atoms with E-state index in [2.05, 4.69) is 6.92 Å². The van der Waals surface area contributed by atoms with E-state index in [0.717, 1.165) is 12.2 Å². The van der Waals surface area contributed by atoms with Crippen molar-refractivity contribution in [2.45, 2.75) is 20.3 Å². The average molecular weight is 110 g/mol. The highest BCUT2D eigenvalue weighted by atomic mass is 16.5. The van der Waals surface area contributed by atoms with Gasteiger partial charge in [-0.2, -0.15) is 0 Å². The molecule has 0 N–H and O–H groups in total. The second kappa shape index (κ2) is 2.03. The fourth-order valence-electron chi connectivity index (χ4n) is 0.619. The highest BCUT2D eigenvalue weighted by Crippen LogP contribution is 2.14. The Bertz CT molecular complexity index is 126. The Kier molecular flexibility index (Phi) is 1.38. The maximum atomic E-state index is 5.09. The maximum absolute atomic E-state index is 5.09. The van der Waals surface area contributed by atoms with E-state index in [1.165, 1.54) is 5.57 Å². The highest BCUT2D eigenvalue weighted by Gasteiger charge is 1.97. The number of hydrogen-bond donors (Lipinski definition) is 0. The molecular formula is C7H10O. The molecular weight excluding hydrogens is 100 g/mol. The molecule has 1 heteroatoms. The van der Waals surface area contributed by atoms with E-state index in [-0.39, 0.29) is 0 Å². The van der Waals surface area contributed by atoms with Crippen molar-refractivity contribution in [2.75, 3.05) is 0 Å². The third-order valence-corrected chi connectivity index (χ3v) is 1.37. The lowest BCUT2D eigenvalue weighted by atomic mass is 10.2. The van der Waals surface area contributed by atoms with Crippen molar-refractivity contribution in [3.63, 3.8) is 0 Å². The van der Waals surface area contributed by atoms with E-state index in [0.29, 0.717) is 0 Å². The first-order chi connectivity index (χ1) is 3.80. The molecule has 0 bridgehead atoms. The van der Waals surface area contributed by atoms with Crippen molar-refractivity contribution < 1.29 is 4.74 Å². The third kappa shape index (κ3) is 0.915. The summed E-state index contributed by atoms with van der Waals surface area (Å²) >= 11 is 0. The Balaban J connectivity index is 2.67. The van der Waals surface area contributed by atoms with Gasteiger partial charge < -0.3 is 4.74 Å². The molecule has 0 saturated carbocycles. The molecule has 0 amide bonds. The zero-order chi connectivity index (χ0) is 5.98. The number of rotatable bonds is 0. The summed E-state index contributed by atoms with van der Waals surface area (Å²) in [7, 11) is 0. The van der Waals surface area contributed by atoms with Crippen LogP contribution in [-0.2, 0) is 4.74 Å². The molecule has 0 unspecified atom stereocenters. The van der Waals surface area contributed by atoms with Crippen molar-refractivity contribution >= 4 is 0 Å². The van der Waals surface area contributed by atoms with Crippen LogP contribution in [0.25, 0.3) is 0 Å². The van der Waals surface area contributed by atoms with Gasteiger partial charge in [0.25, 0.3) is 0 Å². The summed E-state index contributed by atoms with van der Waals surface area (Å²) in [6.07, 6.45) is 4.80. The summed E-state index contributed by atoms with van der Waals surface area (Å²) in [5, 5.41) is 0. The van der Waals surface area contributed by atoms with Gasteiger partial charge in [0.05, 0.1) is 12.0 Å². The zero-order valence-corrected chi connectivity index (χ0v) is 5.27. The standard InChI is InChI=1S/C7H10O/c1-6-4-3-5-8-7(6)2/h3,5H,4H2,1-2H3. The van der Waals surface area contributed by atoms with Gasteiger partial charge in [0, 0.05) is 0 Å². The van der Waals surface area contributed by atoms with E-state index in [9.17, 15) is 0 Å². The van der Waals surface area contributed by atoms with Crippen LogP contribution in [0.1, 0.15) is 20.3 Å². The molecule has 1 aliphatic rings. The lowest BCUT2D eigenvalue weighted by Crippen LogP contribution is -1.89. The van der Waals surface area contributed by atoms with Crippen LogP contribution in [0.3, 0.4) is 0 Å². The molecule has 0 aromatic rings. The van der Waals surface area contributed by atoms with Crippen LogP contribution in [0.4, 0.5) is 0 Å². The van der Waals surface area contributed by atoms with Crippen LogP contribution in [-0.4, -0.2) is 0 Å². The fraction of sp³-hybridized carbons (Fsp3) is 0.429. The molecule has 0 radical (unpaired) electrons. The van der Waals surface area contributed by atoms with Crippen molar-refractivity contribution in [1.29, 1.82) is 0 Å². The normalized spacial score (nSPS) is 18.8. The van der Waals surface area contributed by atoms with Crippen LogP contribution in [0.5, 0.6) is 0 Å². The van der Waals surface area contributed by atoms with Gasteiger partial charge in [-0.05, 0) is 31.9 Å². The molecule has 8 heavy (non-hydrogen) atoms. The minimum absolute atomic E-state index is 1.05. The molecule has 1 rings (SSSR count). The molecule has 44 valence electrons. The first-order valence-corrected chi connectivity index (χ1v) is 2.78. The Morgan fingerprint density at radius 1 is 1.50 bits per heavy atom. The smallest absolute Gasteiger partial charge is 0.0993 e. The predicted octanol–water partition coefficient (Wildman–Crippen LogP) is 2.21. The first kappa shape index (κ1) is 5.42. The molecule has 1 heterocycles. The van der Waals surface area contributed by atoms with E-state index in [4.69, 9.17) is 4.74 Å². The minimum Gasteiger partial charge on any atom is -0.470 e. The molecule has 0 aromatic carbocycles.